The number of aliphatic hydroxyl groups excluding tert-OH is 1. The van der Waals surface area contributed by atoms with Crippen LogP contribution in [0.25, 0.3) is 0 Å². The van der Waals surface area contributed by atoms with Gasteiger partial charge in [0.2, 0.25) is 0 Å². The van der Waals surface area contributed by atoms with Crippen LogP contribution in [-0.4, -0.2) is 16.2 Å². The monoisotopic (exact) mass is 116 g/mol. The standard InChI is InChI=1S/C5H8O3/c1-2-4(3-6)5(7)8/h3,6H,2H2,1H3,(H,7,8)/b4-3-. The van der Waals surface area contributed by atoms with Gasteiger partial charge in [0, 0.05) is 0 Å². The molecule has 0 amide bonds. The Balaban J connectivity index is 3.92. The van der Waals surface area contributed by atoms with E-state index in [2.05, 4.69) is 0 Å². The first-order chi connectivity index (χ1) is 3.72. The van der Waals surface area contributed by atoms with Gasteiger partial charge < -0.3 is 10.2 Å². The second kappa shape index (κ2) is 3.07. The predicted molar refractivity (Wildman–Crippen MR) is 28.6 cm³/mol. The number of hydrogen-bond donors (Lipinski definition) is 2. The van der Waals surface area contributed by atoms with Gasteiger partial charge in [0.15, 0.2) is 0 Å². The molecule has 0 radical (unpaired) electrons. The molecule has 0 aliphatic heterocycles. The van der Waals surface area contributed by atoms with Gasteiger partial charge in [0.1, 0.15) is 0 Å². The zero-order valence-corrected chi connectivity index (χ0v) is 4.59. The summed E-state index contributed by atoms with van der Waals surface area (Å²) >= 11 is 0. The normalized spacial score (nSPS) is 11.4. The van der Waals surface area contributed by atoms with E-state index in [1.807, 2.05) is 0 Å². The van der Waals surface area contributed by atoms with Crippen molar-refractivity contribution < 1.29 is 15.0 Å². The highest BCUT2D eigenvalue weighted by molar-refractivity contribution is 5.85. The Hall–Kier alpha value is -0.990. The maximum absolute atomic E-state index is 9.93. The minimum atomic E-state index is -1.06. The first-order valence-corrected chi connectivity index (χ1v) is 2.29. The molecular weight excluding hydrogens is 108 g/mol. The van der Waals surface area contributed by atoms with Crippen molar-refractivity contribution in [2.24, 2.45) is 0 Å². The maximum Gasteiger partial charge on any atom is 0.334 e. The van der Waals surface area contributed by atoms with E-state index < -0.39 is 5.97 Å². The van der Waals surface area contributed by atoms with Crippen molar-refractivity contribution >= 4 is 5.97 Å². The molecule has 3 nitrogen and oxygen atoms in total. The Morgan fingerprint density at radius 1 is 1.75 bits per heavy atom. The van der Waals surface area contributed by atoms with Crippen LogP contribution in [0.1, 0.15) is 13.3 Å². The number of aliphatic carboxylic acids is 1. The van der Waals surface area contributed by atoms with E-state index in [-0.39, 0.29) is 5.57 Å². The largest absolute Gasteiger partial charge is 0.515 e. The van der Waals surface area contributed by atoms with Gasteiger partial charge in [0.25, 0.3) is 0 Å². The molecule has 0 saturated heterocycles. The number of carboxylic acid groups (broad SMARTS) is 1. The summed E-state index contributed by atoms with van der Waals surface area (Å²) in [6.45, 7) is 1.66. The molecule has 0 aromatic heterocycles. The van der Waals surface area contributed by atoms with Gasteiger partial charge in [-0.25, -0.2) is 4.79 Å². The SMILES string of the molecule is CC/C(=C/O)C(=O)O. The molecule has 0 spiro atoms. The Morgan fingerprint density at radius 2 is 2.25 bits per heavy atom. The lowest BCUT2D eigenvalue weighted by Crippen LogP contribution is -1.98. The van der Waals surface area contributed by atoms with Crippen molar-refractivity contribution in [3.63, 3.8) is 0 Å². The van der Waals surface area contributed by atoms with Crippen LogP contribution >= 0.6 is 0 Å². The molecule has 46 valence electrons. The zero-order valence-electron chi connectivity index (χ0n) is 4.59. The molecule has 8 heavy (non-hydrogen) atoms. The fourth-order valence-electron chi connectivity index (χ4n) is 0.298. The van der Waals surface area contributed by atoms with Gasteiger partial charge in [-0.3, -0.25) is 0 Å². The summed E-state index contributed by atoms with van der Waals surface area (Å²) in [4.78, 5) is 9.93. The van der Waals surface area contributed by atoms with Gasteiger partial charge in [-0.2, -0.15) is 0 Å². The Morgan fingerprint density at radius 3 is 2.25 bits per heavy atom. The number of rotatable bonds is 2. The van der Waals surface area contributed by atoms with Gasteiger partial charge in [-0.05, 0) is 6.42 Å². The summed E-state index contributed by atoms with van der Waals surface area (Å²) in [6.07, 6.45) is 0.966. The molecule has 0 aliphatic rings. The molecule has 0 atom stereocenters. The predicted octanol–water partition coefficient (Wildman–Crippen LogP) is 0.923. The third kappa shape index (κ3) is 1.64. The molecule has 3 heteroatoms. The molecular formula is C5H8O3. The van der Waals surface area contributed by atoms with Crippen LogP contribution in [0.4, 0.5) is 0 Å². The van der Waals surface area contributed by atoms with Crippen LogP contribution in [0.15, 0.2) is 11.8 Å². The number of carboxylic acids is 1. The van der Waals surface area contributed by atoms with Crippen LogP contribution in [0.3, 0.4) is 0 Å². The third-order valence-electron chi connectivity index (χ3n) is 0.811. The van der Waals surface area contributed by atoms with E-state index in [1.54, 1.807) is 6.92 Å². The fourth-order valence-corrected chi connectivity index (χ4v) is 0.298. The third-order valence-corrected chi connectivity index (χ3v) is 0.811. The molecule has 0 rings (SSSR count). The van der Waals surface area contributed by atoms with Crippen molar-refractivity contribution in [3.8, 4) is 0 Å². The van der Waals surface area contributed by atoms with Crippen LogP contribution in [0.5, 0.6) is 0 Å². The number of carbonyl (C=O) groups is 1. The van der Waals surface area contributed by atoms with Gasteiger partial charge >= 0.3 is 5.97 Å². The molecule has 0 aromatic carbocycles. The lowest BCUT2D eigenvalue weighted by Gasteiger charge is -1.89. The minimum absolute atomic E-state index is 0.0324. The Kier molecular flexibility index (Phi) is 2.69. The lowest BCUT2D eigenvalue weighted by atomic mass is 10.2. The molecule has 0 unspecified atom stereocenters. The topological polar surface area (TPSA) is 57.5 Å². The summed E-state index contributed by atoms with van der Waals surface area (Å²) in [5.74, 6) is -1.06. The van der Waals surface area contributed by atoms with E-state index in [9.17, 15) is 4.79 Å². The van der Waals surface area contributed by atoms with Gasteiger partial charge in [-0.15, -0.1) is 0 Å². The fraction of sp³-hybridized carbons (Fsp3) is 0.400. The van der Waals surface area contributed by atoms with Crippen molar-refractivity contribution in [1.29, 1.82) is 0 Å². The van der Waals surface area contributed by atoms with Crippen LogP contribution in [-0.2, 0) is 4.79 Å². The Labute approximate surface area is 47.3 Å². The highest BCUT2D eigenvalue weighted by Crippen LogP contribution is 1.96. The number of aliphatic hydroxyl groups is 1. The van der Waals surface area contributed by atoms with Crippen molar-refractivity contribution in [3.05, 3.63) is 11.8 Å². The molecule has 0 saturated carbocycles. The lowest BCUT2D eigenvalue weighted by molar-refractivity contribution is -0.132. The summed E-state index contributed by atoms with van der Waals surface area (Å²) in [7, 11) is 0. The average molecular weight is 116 g/mol. The van der Waals surface area contributed by atoms with Crippen LogP contribution in [0, 0.1) is 0 Å². The molecule has 0 bridgehead atoms. The second-order valence-corrected chi connectivity index (χ2v) is 1.31. The molecule has 2 N–H and O–H groups in total. The van der Waals surface area contributed by atoms with Crippen LogP contribution < -0.4 is 0 Å². The second-order valence-electron chi connectivity index (χ2n) is 1.31. The molecule has 0 aromatic rings. The first kappa shape index (κ1) is 7.01. The van der Waals surface area contributed by atoms with Gasteiger partial charge in [-0.1, -0.05) is 6.92 Å². The highest BCUT2D eigenvalue weighted by Gasteiger charge is 2.01. The van der Waals surface area contributed by atoms with E-state index in [4.69, 9.17) is 10.2 Å². The summed E-state index contributed by atoms with van der Waals surface area (Å²) in [6, 6.07) is 0. The molecule has 0 fully saturated rings. The summed E-state index contributed by atoms with van der Waals surface area (Å²) in [5.41, 5.74) is 0.0324. The van der Waals surface area contributed by atoms with Crippen molar-refractivity contribution in [2.45, 2.75) is 13.3 Å². The Bertz CT molecular complexity index is 115. The van der Waals surface area contributed by atoms with Crippen molar-refractivity contribution in [2.75, 3.05) is 0 Å². The molecule has 0 heterocycles. The maximum atomic E-state index is 9.93. The average Bonchev–Trinajstić information content (AvgIpc) is 1.69. The first-order valence-electron chi connectivity index (χ1n) is 2.29. The summed E-state index contributed by atoms with van der Waals surface area (Å²) in [5, 5.41) is 16.3. The summed E-state index contributed by atoms with van der Waals surface area (Å²) < 4.78 is 0. The van der Waals surface area contributed by atoms with E-state index in [0.29, 0.717) is 12.7 Å². The number of hydrogen-bond acceptors (Lipinski definition) is 2. The van der Waals surface area contributed by atoms with Gasteiger partial charge in [0.05, 0.1) is 11.8 Å². The quantitative estimate of drug-likeness (QED) is 0.416. The van der Waals surface area contributed by atoms with E-state index >= 15 is 0 Å². The zero-order chi connectivity index (χ0) is 6.57. The van der Waals surface area contributed by atoms with Crippen LogP contribution in [0.2, 0.25) is 0 Å². The smallest absolute Gasteiger partial charge is 0.334 e. The minimum Gasteiger partial charge on any atom is -0.515 e. The molecule has 0 aliphatic carbocycles. The van der Waals surface area contributed by atoms with E-state index in [0.717, 1.165) is 0 Å². The highest BCUT2D eigenvalue weighted by atomic mass is 16.4. The van der Waals surface area contributed by atoms with E-state index in [1.165, 1.54) is 0 Å². The van der Waals surface area contributed by atoms with Crippen molar-refractivity contribution in [1.82, 2.24) is 0 Å².